The van der Waals surface area contributed by atoms with E-state index in [9.17, 15) is 4.79 Å². The molecule has 3 atom stereocenters. The number of rotatable bonds is 7. The maximum absolute atomic E-state index is 12.4. The summed E-state index contributed by atoms with van der Waals surface area (Å²) in [6.07, 6.45) is 7.28. The Morgan fingerprint density at radius 3 is 2.31 bits per heavy atom. The molecule has 32 heavy (non-hydrogen) atoms. The van der Waals surface area contributed by atoms with Crippen molar-refractivity contribution in [1.29, 1.82) is 0 Å². The third kappa shape index (κ3) is 4.34. The highest BCUT2D eigenvalue weighted by molar-refractivity contribution is 5.77. The number of para-hydroxylation sites is 1. The topological polar surface area (TPSA) is 29.5 Å². The van der Waals surface area contributed by atoms with Crippen molar-refractivity contribution in [3.8, 4) is 0 Å². The number of fused-ring (bicyclic) bond motifs is 2. The van der Waals surface area contributed by atoms with Gasteiger partial charge in [-0.25, -0.2) is 0 Å². The summed E-state index contributed by atoms with van der Waals surface area (Å²) < 4.78 is 5.63. The summed E-state index contributed by atoms with van der Waals surface area (Å²) in [6.45, 7) is 2.56. The molecular formula is C29H29NO2. The van der Waals surface area contributed by atoms with E-state index in [2.05, 4.69) is 96.8 Å². The van der Waals surface area contributed by atoms with Crippen LogP contribution >= 0.6 is 0 Å². The first kappa shape index (κ1) is 20.6. The van der Waals surface area contributed by atoms with Gasteiger partial charge in [-0.1, -0.05) is 54.6 Å². The Bertz CT molecular complexity index is 1100. The Hall–Kier alpha value is -3.33. The van der Waals surface area contributed by atoms with Gasteiger partial charge in [0, 0.05) is 23.5 Å². The number of carbonyl (C=O) groups is 1. The van der Waals surface area contributed by atoms with Crippen LogP contribution in [-0.4, -0.2) is 12.6 Å². The second-order valence-electron chi connectivity index (χ2n) is 8.98. The number of esters is 1. The van der Waals surface area contributed by atoms with Crippen molar-refractivity contribution >= 4 is 23.0 Å². The minimum absolute atomic E-state index is 0.0202. The molecule has 0 aliphatic heterocycles. The Balaban J connectivity index is 1.26. The fourth-order valence-corrected chi connectivity index (χ4v) is 5.03. The zero-order valence-corrected chi connectivity index (χ0v) is 18.5. The third-order valence-electron chi connectivity index (χ3n) is 6.69. The Kier molecular flexibility index (Phi) is 5.81. The lowest BCUT2D eigenvalue weighted by molar-refractivity contribution is -0.149. The van der Waals surface area contributed by atoms with Gasteiger partial charge < -0.3 is 9.64 Å². The largest absolute Gasteiger partial charge is 0.465 e. The number of hydrogen-bond donors (Lipinski definition) is 0. The molecule has 2 aliphatic carbocycles. The number of anilines is 3. The van der Waals surface area contributed by atoms with Crippen LogP contribution in [0.25, 0.3) is 0 Å². The maximum atomic E-state index is 12.4. The SMILES string of the molecule is Cc1cccc(N(c2ccccc2)c2ccc(CCOC(=O)C3C[C@H]4C=C[C@@H]3C4)cc2)c1. The second-order valence-corrected chi connectivity index (χ2v) is 8.98. The summed E-state index contributed by atoms with van der Waals surface area (Å²) in [7, 11) is 0. The molecule has 0 saturated heterocycles. The van der Waals surface area contributed by atoms with Gasteiger partial charge in [-0.3, -0.25) is 4.79 Å². The molecule has 0 radical (unpaired) electrons. The first-order valence-corrected chi connectivity index (χ1v) is 11.5. The lowest BCUT2D eigenvalue weighted by Crippen LogP contribution is -2.22. The van der Waals surface area contributed by atoms with E-state index in [1.165, 1.54) is 11.1 Å². The van der Waals surface area contributed by atoms with E-state index in [0.29, 0.717) is 18.4 Å². The highest BCUT2D eigenvalue weighted by Crippen LogP contribution is 2.43. The molecule has 0 heterocycles. The summed E-state index contributed by atoms with van der Waals surface area (Å²) in [4.78, 5) is 14.7. The quantitative estimate of drug-likeness (QED) is 0.310. The number of ether oxygens (including phenoxy) is 1. The van der Waals surface area contributed by atoms with Gasteiger partial charge in [-0.15, -0.1) is 0 Å². The Morgan fingerprint density at radius 1 is 0.875 bits per heavy atom. The first-order chi connectivity index (χ1) is 15.7. The van der Waals surface area contributed by atoms with E-state index in [1.807, 2.05) is 6.07 Å². The highest BCUT2D eigenvalue weighted by atomic mass is 16.5. The van der Waals surface area contributed by atoms with Crippen LogP contribution in [0.15, 0.2) is 91.0 Å². The van der Waals surface area contributed by atoms with Crippen LogP contribution in [0.5, 0.6) is 0 Å². The van der Waals surface area contributed by atoms with E-state index in [1.54, 1.807) is 0 Å². The van der Waals surface area contributed by atoms with Gasteiger partial charge in [0.1, 0.15) is 0 Å². The summed E-state index contributed by atoms with van der Waals surface area (Å²) >= 11 is 0. The summed E-state index contributed by atoms with van der Waals surface area (Å²) in [5.41, 5.74) is 5.77. The molecule has 162 valence electrons. The molecule has 3 aromatic rings. The molecule has 1 fully saturated rings. The molecule has 2 bridgehead atoms. The number of allylic oxidation sites excluding steroid dienone is 2. The minimum Gasteiger partial charge on any atom is -0.465 e. The highest BCUT2D eigenvalue weighted by Gasteiger charge is 2.40. The standard InChI is InChI=1S/C29H29NO2/c1-21-6-5-9-27(18-21)30(25-7-3-2-4-8-25)26-14-11-22(12-15-26)16-17-32-29(31)28-20-23-10-13-24(28)19-23/h2-15,18,23-24,28H,16-17,19-20H2,1H3/t23-,24+,28?/m0/s1. The number of aryl methyl sites for hydroxylation is 1. The van der Waals surface area contributed by atoms with Gasteiger partial charge in [-0.05, 0) is 79.1 Å². The molecule has 1 saturated carbocycles. The molecule has 1 unspecified atom stereocenters. The summed E-state index contributed by atoms with van der Waals surface area (Å²) in [5.74, 6) is 1.04. The van der Waals surface area contributed by atoms with E-state index in [4.69, 9.17) is 4.74 Å². The first-order valence-electron chi connectivity index (χ1n) is 11.5. The number of hydrogen-bond acceptors (Lipinski definition) is 3. The fourth-order valence-electron chi connectivity index (χ4n) is 5.03. The lowest BCUT2D eigenvalue weighted by Gasteiger charge is -2.26. The van der Waals surface area contributed by atoms with Crippen LogP contribution < -0.4 is 4.90 Å². The average Bonchev–Trinajstić information content (AvgIpc) is 3.45. The molecule has 2 aliphatic rings. The van der Waals surface area contributed by atoms with Gasteiger partial charge in [0.25, 0.3) is 0 Å². The lowest BCUT2D eigenvalue weighted by atomic mass is 9.94. The summed E-state index contributed by atoms with van der Waals surface area (Å²) in [6, 6.07) is 27.5. The monoisotopic (exact) mass is 423 g/mol. The van der Waals surface area contributed by atoms with Crippen molar-refractivity contribution in [2.45, 2.75) is 26.2 Å². The minimum atomic E-state index is -0.0202. The smallest absolute Gasteiger partial charge is 0.309 e. The van der Waals surface area contributed by atoms with Gasteiger partial charge >= 0.3 is 5.97 Å². The predicted molar refractivity (Wildman–Crippen MR) is 129 cm³/mol. The zero-order chi connectivity index (χ0) is 21.9. The molecule has 5 rings (SSSR count). The molecule has 0 aromatic heterocycles. The second kappa shape index (κ2) is 9.04. The zero-order valence-electron chi connectivity index (χ0n) is 18.5. The van der Waals surface area contributed by atoms with E-state index in [0.717, 1.165) is 36.3 Å². The predicted octanol–water partition coefficient (Wildman–Crippen LogP) is 6.76. The average molecular weight is 424 g/mol. The van der Waals surface area contributed by atoms with Crippen molar-refractivity contribution in [1.82, 2.24) is 0 Å². The summed E-state index contributed by atoms with van der Waals surface area (Å²) in [5, 5.41) is 0. The van der Waals surface area contributed by atoms with Crippen LogP contribution in [0.3, 0.4) is 0 Å². The third-order valence-corrected chi connectivity index (χ3v) is 6.69. The number of nitrogens with zero attached hydrogens (tertiary/aromatic N) is 1. The Morgan fingerprint density at radius 2 is 1.62 bits per heavy atom. The molecule has 0 N–H and O–H groups in total. The van der Waals surface area contributed by atoms with Crippen LogP contribution in [-0.2, 0) is 16.0 Å². The van der Waals surface area contributed by atoms with Gasteiger partial charge in [0.15, 0.2) is 0 Å². The molecule has 3 nitrogen and oxygen atoms in total. The van der Waals surface area contributed by atoms with Gasteiger partial charge in [-0.2, -0.15) is 0 Å². The van der Waals surface area contributed by atoms with Crippen LogP contribution in [0.1, 0.15) is 24.0 Å². The normalized spacial score (nSPS) is 21.0. The van der Waals surface area contributed by atoms with Gasteiger partial charge in [0.05, 0.1) is 12.5 Å². The van der Waals surface area contributed by atoms with Crippen molar-refractivity contribution in [3.05, 3.63) is 102 Å². The molecule has 3 aromatic carbocycles. The fraction of sp³-hybridized carbons (Fsp3) is 0.276. The van der Waals surface area contributed by atoms with E-state index >= 15 is 0 Å². The van der Waals surface area contributed by atoms with E-state index in [-0.39, 0.29) is 11.9 Å². The molecular weight excluding hydrogens is 394 g/mol. The molecule has 0 spiro atoms. The molecule has 3 heteroatoms. The number of benzene rings is 3. The van der Waals surface area contributed by atoms with E-state index < -0.39 is 0 Å². The Labute approximate surface area is 190 Å². The van der Waals surface area contributed by atoms with Crippen molar-refractivity contribution < 1.29 is 9.53 Å². The van der Waals surface area contributed by atoms with Crippen LogP contribution in [0, 0.1) is 24.7 Å². The molecule has 0 amide bonds. The van der Waals surface area contributed by atoms with Crippen LogP contribution in [0.2, 0.25) is 0 Å². The van der Waals surface area contributed by atoms with Crippen molar-refractivity contribution in [3.63, 3.8) is 0 Å². The van der Waals surface area contributed by atoms with Gasteiger partial charge in [0.2, 0.25) is 0 Å². The van der Waals surface area contributed by atoms with Crippen molar-refractivity contribution in [2.24, 2.45) is 17.8 Å². The van der Waals surface area contributed by atoms with Crippen LogP contribution in [0.4, 0.5) is 17.1 Å². The number of carbonyl (C=O) groups excluding carboxylic acids is 1. The maximum Gasteiger partial charge on any atom is 0.309 e. The van der Waals surface area contributed by atoms with Crippen molar-refractivity contribution in [2.75, 3.05) is 11.5 Å².